The summed E-state index contributed by atoms with van der Waals surface area (Å²) < 4.78 is 37.3. The van der Waals surface area contributed by atoms with E-state index < -0.39 is 29.4 Å². The van der Waals surface area contributed by atoms with E-state index in [2.05, 4.69) is 0 Å². The van der Waals surface area contributed by atoms with Crippen molar-refractivity contribution in [2.24, 2.45) is 5.92 Å². The molecule has 6 heteroatoms. The number of aliphatic carboxylic acids is 1. The SMILES string of the molecule is CCC(C(=O)O)C(=O)c1cccc(C(F)(F)F)c1. The average Bonchev–Trinajstić information content (AvgIpc) is 2.28. The number of benzene rings is 1. The molecule has 1 atom stereocenters. The minimum absolute atomic E-state index is 0.0322. The Morgan fingerprint density at radius 2 is 1.94 bits per heavy atom. The van der Waals surface area contributed by atoms with Crippen LogP contribution in [0.4, 0.5) is 13.2 Å². The predicted molar refractivity (Wildman–Crippen MR) is 57.2 cm³/mol. The molecule has 0 aromatic heterocycles. The molecule has 98 valence electrons. The Labute approximate surface area is 101 Å². The van der Waals surface area contributed by atoms with Crippen LogP contribution in [0.3, 0.4) is 0 Å². The van der Waals surface area contributed by atoms with E-state index in [1.54, 1.807) is 0 Å². The van der Waals surface area contributed by atoms with Gasteiger partial charge >= 0.3 is 12.1 Å². The summed E-state index contributed by atoms with van der Waals surface area (Å²) in [6.45, 7) is 1.49. The van der Waals surface area contributed by atoms with Crippen LogP contribution in [0.5, 0.6) is 0 Å². The fraction of sp³-hybridized carbons (Fsp3) is 0.333. The van der Waals surface area contributed by atoms with Crippen LogP contribution in [0.1, 0.15) is 29.3 Å². The molecule has 1 aromatic carbocycles. The molecule has 0 aliphatic carbocycles. The zero-order valence-electron chi connectivity index (χ0n) is 9.49. The van der Waals surface area contributed by atoms with Crippen LogP contribution in [0.25, 0.3) is 0 Å². The molecule has 0 saturated heterocycles. The van der Waals surface area contributed by atoms with Gasteiger partial charge in [-0.1, -0.05) is 19.1 Å². The van der Waals surface area contributed by atoms with Gasteiger partial charge in [0.05, 0.1) is 5.56 Å². The number of carboxylic acid groups (broad SMARTS) is 1. The number of alkyl halides is 3. The summed E-state index contributed by atoms with van der Waals surface area (Å²) >= 11 is 0. The monoisotopic (exact) mass is 260 g/mol. The molecule has 0 amide bonds. The summed E-state index contributed by atoms with van der Waals surface area (Å²) in [5.41, 5.74) is -1.20. The summed E-state index contributed by atoms with van der Waals surface area (Å²) in [6.07, 6.45) is -4.52. The molecule has 0 fully saturated rings. The first kappa shape index (κ1) is 14.2. The number of carbonyl (C=O) groups excluding carboxylic acids is 1. The molecule has 0 spiro atoms. The third kappa shape index (κ3) is 3.09. The van der Waals surface area contributed by atoms with Crippen molar-refractivity contribution >= 4 is 11.8 Å². The van der Waals surface area contributed by atoms with Crippen LogP contribution < -0.4 is 0 Å². The molecule has 0 aliphatic heterocycles. The van der Waals surface area contributed by atoms with Crippen molar-refractivity contribution in [1.29, 1.82) is 0 Å². The van der Waals surface area contributed by atoms with E-state index >= 15 is 0 Å². The molecule has 3 nitrogen and oxygen atoms in total. The molecule has 0 bridgehead atoms. The Balaban J connectivity index is 3.11. The number of carboxylic acids is 1. The van der Waals surface area contributed by atoms with E-state index in [0.29, 0.717) is 6.07 Å². The highest BCUT2D eigenvalue weighted by molar-refractivity contribution is 6.08. The van der Waals surface area contributed by atoms with E-state index in [4.69, 9.17) is 5.11 Å². The van der Waals surface area contributed by atoms with E-state index in [1.807, 2.05) is 0 Å². The number of hydrogen-bond acceptors (Lipinski definition) is 2. The van der Waals surface area contributed by atoms with E-state index in [1.165, 1.54) is 13.0 Å². The lowest BCUT2D eigenvalue weighted by atomic mass is 9.94. The molecule has 0 aliphatic rings. The van der Waals surface area contributed by atoms with Gasteiger partial charge < -0.3 is 5.11 Å². The fourth-order valence-corrected chi connectivity index (χ4v) is 1.52. The largest absolute Gasteiger partial charge is 0.481 e. The summed E-state index contributed by atoms with van der Waals surface area (Å²) in [6, 6.07) is 3.78. The van der Waals surface area contributed by atoms with Crippen molar-refractivity contribution in [3.8, 4) is 0 Å². The molecule has 0 heterocycles. The number of ketones is 1. The third-order valence-corrected chi connectivity index (χ3v) is 2.50. The topological polar surface area (TPSA) is 54.4 Å². The van der Waals surface area contributed by atoms with Gasteiger partial charge in [-0.3, -0.25) is 9.59 Å². The van der Waals surface area contributed by atoms with Crippen LogP contribution in [0, 0.1) is 5.92 Å². The van der Waals surface area contributed by atoms with Gasteiger partial charge in [-0.15, -0.1) is 0 Å². The van der Waals surface area contributed by atoms with Gasteiger partial charge in [-0.2, -0.15) is 13.2 Å². The van der Waals surface area contributed by atoms with Crippen molar-refractivity contribution in [3.05, 3.63) is 35.4 Å². The smallest absolute Gasteiger partial charge is 0.416 e. The molecule has 1 N–H and O–H groups in total. The highest BCUT2D eigenvalue weighted by atomic mass is 19.4. The number of rotatable bonds is 4. The maximum Gasteiger partial charge on any atom is 0.416 e. The van der Waals surface area contributed by atoms with Gasteiger partial charge in [0, 0.05) is 5.56 Å². The Bertz CT molecular complexity index is 466. The van der Waals surface area contributed by atoms with Crippen molar-refractivity contribution in [2.75, 3.05) is 0 Å². The summed E-state index contributed by atoms with van der Waals surface area (Å²) in [5.74, 6) is -3.45. The molecule has 18 heavy (non-hydrogen) atoms. The molecule has 0 radical (unpaired) electrons. The Morgan fingerprint density at radius 3 is 2.39 bits per heavy atom. The lowest BCUT2D eigenvalue weighted by Gasteiger charge is -2.11. The van der Waals surface area contributed by atoms with Crippen LogP contribution in [0.15, 0.2) is 24.3 Å². The highest BCUT2D eigenvalue weighted by Gasteiger charge is 2.32. The molecule has 0 saturated carbocycles. The first-order chi connectivity index (χ1) is 8.27. The van der Waals surface area contributed by atoms with Crippen molar-refractivity contribution in [2.45, 2.75) is 19.5 Å². The van der Waals surface area contributed by atoms with E-state index in [0.717, 1.165) is 12.1 Å². The van der Waals surface area contributed by atoms with Crippen molar-refractivity contribution < 1.29 is 27.9 Å². The molecule has 1 aromatic rings. The fourth-order valence-electron chi connectivity index (χ4n) is 1.52. The van der Waals surface area contributed by atoms with Gasteiger partial charge in [0.25, 0.3) is 0 Å². The number of carbonyl (C=O) groups is 2. The standard InChI is InChI=1S/C12H11F3O3/c1-2-9(11(17)18)10(16)7-4-3-5-8(6-7)12(13,14)15/h3-6,9H,2H2,1H3,(H,17,18). The van der Waals surface area contributed by atoms with E-state index in [9.17, 15) is 22.8 Å². The second kappa shape index (κ2) is 5.20. The highest BCUT2D eigenvalue weighted by Crippen LogP contribution is 2.30. The number of halogens is 3. The second-order valence-electron chi connectivity index (χ2n) is 3.74. The zero-order valence-corrected chi connectivity index (χ0v) is 9.49. The zero-order chi connectivity index (χ0) is 13.9. The first-order valence-electron chi connectivity index (χ1n) is 5.21. The van der Waals surface area contributed by atoms with Gasteiger partial charge in [0.15, 0.2) is 5.78 Å². The van der Waals surface area contributed by atoms with Crippen LogP contribution >= 0.6 is 0 Å². The average molecular weight is 260 g/mol. The van der Waals surface area contributed by atoms with Gasteiger partial charge in [-0.05, 0) is 18.6 Å². The maximum absolute atomic E-state index is 12.4. The molecular formula is C12H11F3O3. The van der Waals surface area contributed by atoms with Gasteiger partial charge in [0.1, 0.15) is 5.92 Å². The predicted octanol–water partition coefficient (Wildman–Crippen LogP) is 3.00. The summed E-state index contributed by atoms with van der Waals surface area (Å²) in [5, 5.41) is 8.79. The quantitative estimate of drug-likeness (QED) is 0.668. The maximum atomic E-state index is 12.4. The third-order valence-electron chi connectivity index (χ3n) is 2.50. The number of Topliss-reactive ketones (excluding diaryl/α,β-unsaturated/α-hetero) is 1. The Hall–Kier alpha value is -1.85. The minimum atomic E-state index is -4.55. The van der Waals surface area contributed by atoms with E-state index in [-0.39, 0.29) is 12.0 Å². The first-order valence-corrected chi connectivity index (χ1v) is 5.21. The van der Waals surface area contributed by atoms with Gasteiger partial charge in [-0.25, -0.2) is 0 Å². The van der Waals surface area contributed by atoms with Gasteiger partial charge in [0.2, 0.25) is 0 Å². The normalized spacial score (nSPS) is 13.1. The molecule has 1 unspecified atom stereocenters. The van der Waals surface area contributed by atoms with Crippen molar-refractivity contribution in [1.82, 2.24) is 0 Å². The lowest BCUT2D eigenvalue weighted by molar-refractivity contribution is -0.140. The van der Waals surface area contributed by atoms with Crippen LogP contribution in [-0.2, 0) is 11.0 Å². The Morgan fingerprint density at radius 1 is 1.33 bits per heavy atom. The van der Waals surface area contributed by atoms with Crippen LogP contribution in [-0.4, -0.2) is 16.9 Å². The second-order valence-corrected chi connectivity index (χ2v) is 3.74. The van der Waals surface area contributed by atoms with Crippen LogP contribution in [0.2, 0.25) is 0 Å². The number of hydrogen-bond donors (Lipinski definition) is 1. The van der Waals surface area contributed by atoms with Crippen molar-refractivity contribution in [3.63, 3.8) is 0 Å². The molecule has 1 rings (SSSR count). The summed E-state index contributed by atoms with van der Waals surface area (Å²) in [7, 11) is 0. The summed E-state index contributed by atoms with van der Waals surface area (Å²) in [4.78, 5) is 22.5. The lowest BCUT2D eigenvalue weighted by Crippen LogP contribution is -2.23. The molecular weight excluding hydrogens is 249 g/mol. The minimum Gasteiger partial charge on any atom is -0.481 e. The Kier molecular flexibility index (Phi) is 4.11.